The second kappa shape index (κ2) is 4.59. The number of hydrogen-bond donors (Lipinski definition) is 1. The van der Waals surface area contributed by atoms with E-state index < -0.39 is 11.9 Å². The van der Waals surface area contributed by atoms with Gasteiger partial charge in [0, 0.05) is 25.2 Å². The van der Waals surface area contributed by atoms with E-state index in [0.717, 1.165) is 12.1 Å². The molecule has 7 nitrogen and oxygen atoms in total. The van der Waals surface area contributed by atoms with Crippen molar-refractivity contribution in [1.29, 1.82) is 0 Å². The van der Waals surface area contributed by atoms with Crippen molar-refractivity contribution in [3.63, 3.8) is 0 Å². The number of benzene rings is 1. The van der Waals surface area contributed by atoms with Crippen LogP contribution in [0.25, 0.3) is 11.0 Å². The average molecular weight is 274 g/mol. The van der Waals surface area contributed by atoms with E-state index in [1.54, 1.807) is 16.8 Å². The Morgan fingerprint density at radius 1 is 1.40 bits per heavy atom. The Bertz CT molecular complexity index is 688. The number of nitrogens with zero attached hydrogens (tertiary/aromatic N) is 4. The minimum Gasteiger partial charge on any atom is -0.481 e. The van der Waals surface area contributed by atoms with Crippen molar-refractivity contribution in [3.05, 3.63) is 23.8 Å². The van der Waals surface area contributed by atoms with E-state index in [0.29, 0.717) is 11.1 Å². The Labute approximate surface area is 114 Å². The molecule has 0 unspecified atom stereocenters. The first kappa shape index (κ1) is 12.6. The Balaban J connectivity index is 1.81. The van der Waals surface area contributed by atoms with Crippen molar-refractivity contribution >= 4 is 22.9 Å². The first-order valence-corrected chi connectivity index (χ1v) is 6.45. The number of rotatable bonds is 3. The molecule has 2 heterocycles. The Kier molecular flexibility index (Phi) is 2.89. The van der Waals surface area contributed by atoms with Gasteiger partial charge >= 0.3 is 5.97 Å². The molecule has 0 aliphatic carbocycles. The molecular weight excluding hydrogens is 260 g/mol. The molecule has 104 valence electrons. The second-order valence-electron chi connectivity index (χ2n) is 4.85. The number of carboxylic acid groups (broad SMARTS) is 1. The van der Waals surface area contributed by atoms with Gasteiger partial charge in [-0.25, -0.2) is 4.68 Å². The second-order valence-corrected chi connectivity index (χ2v) is 4.85. The highest BCUT2D eigenvalue weighted by Gasteiger charge is 2.36. The van der Waals surface area contributed by atoms with Crippen LogP contribution in [-0.2, 0) is 11.3 Å². The third-order valence-electron chi connectivity index (χ3n) is 3.58. The Morgan fingerprint density at radius 3 is 2.80 bits per heavy atom. The monoisotopic (exact) mass is 274 g/mol. The van der Waals surface area contributed by atoms with Gasteiger partial charge in [-0.3, -0.25) is 9.59 Å². The van der Waals surface area contributed by atoms with Crippen LogP contribution in [0.1, 0.15) is 17.3 Å². The van der Waals surface area contributed by atoms with Crippen molar-refractivity contribution in [2.45, 2.75) is 13.5 Å². The molecule has 1 fully saturated rings. The number of fused-ring (bicyclic) bond motifs is 1. The maximum atomic E-state index is 12.2. The molecule has 3 rings (SSSR count). The first-order chi connectivity index (χ1) is 9.60. The maximum absolute atomic E-state index is 12.2. The molecule has 1 N–H and O–H groups in total. The van der Waals surface area contributed by atoms with Crippen molar-refractivity contribution in [2.24, 2.45) is 5.92 Å². The number of hydrogen-bond acceptors (Lipinski definition) is 4. The number of carbonyl (C=O) groups excluding carboxylic acids is 1. The quantitative estimate of drug-likeness (QED) is 0.885. The van der Waals surface area contributed by atoms with E-state index in [2.05, 4.69) is 10.3 Å². The fourth-order valence-electron chi connectivity index (χ4n) is 2.32. The van der Waals surface area contributed by atoms with Crippen LogP contribution in [0.3, 0.4) is 0 Å². The summed E-state index contributed by atoms with van der Waals surface area (Å²) >= 11 is 0. The van der Waals surface area contributed by atoms with Crippen molar-refractivity contribution in [3.8, 4) is 0 Å². The maximum Gasteiger partial charge on any atom is 0.310 e. The van der Waals surface area contributed by atoms with E-state index in [-0.39, 0.29) is 19.0 Å². The Hall–Kier alpha value is -2.44. The van der Waals surface area contributed by atoms with Gasteiger partial charge in [0.25, 0.3) is 5.91 Å². The lowest BCUT2D eigenvalue weighted by Crippen LogP contribution is -2.53. The summed E-state index contributed by atoms with van der Waals surface area (Å²) in [7, 11) is 0. The SMILES string of the molecule is CCn1nnc2cc(C(=O)N3CC(C(=O)O)C3)ccc21. The van der Waals surface area contributed by atoms with E-state index >= 15 is 0 Å². The zero-order valence-electron chi connectivity index (χ0n) is 11.0. The predicted octanol–water partition coefficient (Wildman–Crippen LogP) is 0.608. The predicted molar refractivity (Wildman–Crippen MR) is 70.2 cm³/mol. The van der Waals surface area contributed by atoms with Gasteiger partial charge < -0.3 is 10.0 Å². The molecule has 1 aliphatic heterocycles. The number of aliphatic carboxylic acids is 1. The summed E-state index contributed by atoms with van der Waals surface area (Å²) in [5.74, 6) is -1.45. The molecular formula is C13H14N4O3. The standard InChI is InChI=1S/C13H14N4O3/c1-2-17-11-4-3-8(5-10(11)14-15-17)12(18)16-6-9(7-16)13(19)20/h3-5,9H,2,6-7H2,1H3,(H,19,20). The highest BCUT2D eigenvalue weighted by Crippen LogP contribution is 2.21. The zero-order valence-corrected chi connectivity index (χ0v) is 11.0. The number of amides is 1. The molecule has 1 amide bonds. The molecule has 0 saturated carbocycles. The normalized spacial score (nSPS) is 15.3. The van der Waals surface area contributed by atoms with Gasteiger partial charge in [-0.2, -0.15) is 0 Å². The summed E-state index contributed by atoms with van der Waals surface area (Å²) in [6, 6.07) is 5.25. The van der Waals surface area contributed by atoms with E-state index in [1.807, 2.05) is 13.0 Å². The lowest BCUT2D eigenvalue weighted by atomic mass is 9.99. The van der Waals surface area contributed by atoms with Crippen LogP contribution in [-0.4, -0.2) is 50.0 Å². The van der Waals surface area contributed by atoms with E-state index in [9.17, 15) is 9.59 Å². The van der Waals surface area contributed by atoms with Crippen LogP contribution in [0.15, 0.2) is 18.2 Å². The summed E-state index contributed by atoms with van der Waals surface area (Å²) < 4.78 is 1.76. The topological polar surface area (TPSA) is 88.3 Å². The van der Waals surface area contributed by atoms with Crippen LogP contribution in [0, 0.1) is 5.92 Å². The molecule has 0 bridgehead atoms. The Morgan fingerprint density at radius 2 is 2.15 bits per heavy atom. The van der Waals surface area contributed by atoms with Crippen molar-refractivity contribution < 1.29 is 14.7 Å². The van der Waals surface area contributed by atoms with Crippen LogP contribution >= 0.6 is 0 Å². The molecule has 1 aromatic heterocycles. The summed E-state index contributed by atoms with van der Waals surface area (Å²) in [6.07, 6.45) is 0. The van der Waals surface area contributed by atoms with Gasteiger partial charge in [-0.15, -0.1) is 5.10 Å². The molecule has 1 aromatic carbocycles. The molecule has 1 saturated heterocycles. The molecule has 0 spiro atoms. The van der Waals surface area contributed by atoms with Crippen LogP contribution in [0.2, 0.25) is 0 Å². The molecule has 20 heavy (non-hydrogen) atoms. The van der Waals surface area contributed by atoms with Crippen LogP contribution in [0.4, 0.5) is 0 Å². The van der Waals surface area contributed by atoms with Crippen LogP contribution < -0.4 is 0 Å². The van der Waals surface area contributed by atoms with Crippen molar-refractivity contribution in [2.75, 3.05) is 13.1 Å². The highest BCUT2D eigenvalue weighted by atomic mass is 16.4. The smallest absolute Gasteiger partial charge is 0.310 e. The first-order valence-electron chi connectivity index (χ1n) is 6.45. The minimum atomic E-state index is -0.851. The number of aryl methyl sites for hydroxylation is 1. The molecule has 1 aliphatic rings. The van der Waals surface area contributed by atoms with E-state index in [1.165, 1.54) is 4.90 Å². The lowest BCUT2D eigenvalue weighted by Gasteiger charge is -2.36. The summed E-state index contributed by atoms with van der Waals surface area (Å²) in [5, 5.41) is 16.8. The van der Waals surface area contributed by atoms with Gasteiger partial charge in [0.15, 0.2) is 0 Å². The molecule has 0 radical (unpaired) electrons. The van der Waals surface area contributed by atoms with E-state index in [4.69, 9.17) is 5.11 Å². The van der Waals surface area contributed by atoms with Gasteiger partial charge in [-0.05, 0) is 25.1 Å². The van der Waals surface area contributed by atoms with Gasteiger partial charge in [0.05, 0.1) is 11.4 Å². The molecule has 2 aromatic rings. The largest absolute Gasteiger partial charge is 0.481 e. The van der Waals surface area contributed by atoms with Crippen LogP contribution in [0.5, 0.6) is 0 Å². The zero-order chi connectivity index (χ0) is 14.3. The number of carbonyl (C=O) groups is 2. The minimum absolute atomic E-state index is 0.157. The summed E-state index contributed by atoms with van der Waals surface area (Å²) in [6.45, 7) is 3.23. The number of carboxylic acids is 1. The average Bonchev–Trinajstić information content (AvgIpc) is 2.78. The van der Waals surface area contributed by atoms with Gasteiger partial charge in [0.2, 0.25) is 0 Å². The van der Waals surface area contributed by atoms with Crippen molar-refractivity contribution in [1.82, 2.24) is 19.9 Å². The molecule has 0 atom stereocenters. The lowest BCUT2D eigenvalue weighted by molar-refractivity contribution is -0.146. The molecule has 7 heteroatoms. The third kappa shape index (κ3) is 1.91. The summed E-state index contributed by atoms with van der Waals surface area (Å²) in [4.78, 5) is 24.5. The fourth-order valence-corrected chi connectivity index (χ4v) is 2.32. The number of aromatic nitrogens is 3. The summed E-state index contributed by atoms with van der Waals surface area (Å²) in [5.41, 5.74) is 2.08. The highest BCUT2D eigenvalue weighted by molar-refractivity contribution is 5.98. The third-order valence-corrected chi connectivity index (χ3v) is 3.58. The van der Waals surface area contributed by atoms with Gasteiger partial charge in [0.1, 0.15) is 5.52 Å². The fraction of sp³-hybridized carbons (Fsp3) is 0.385. The van der Waals surface area contributed by atoms with Gasteiger partial charge in [-0.1, -0.05) is 5.21 Å². The number of likely N-dealkylation sites (tertiary alicyclic amines) is 1.